The first-order chi connectivity index (χ1) is 13.6. The number of rotatable bonds is 6. The molecule has 0 saturated carbocycles. The lowest BCUT2D eigenvalue weighted by atomic mass is 9.98. The van der Waals surface area contributed by atoms with Crippen molar-refractivity contribution < 1.29 is 18.3 Å². The molecule has 0 bridgehead atoms. The van der Waals surface area contributed by atoms with E-state index < -0.39 is 6.04 Å². The third-order valence-corrected chi connectivity index (χ3v) is 4.95. The van der Waals surface area contributed by atoms with Crippen LogP contribution in [0.1, 0.15) is 41.1 Å². The van der Waals surface area contributed by atoms with E-state index >= 15 is 0 Å². The number of nitrogens with zero attached hydrogens (tertiary/aromatic N) is 1. The number of carbonyl (C=O) groups is 1. The van der Waals surface area contributed by atoms with Crippen molar-refractivity contribution in [3.8, 4) is 0 Å². The molecule has 0 aliphatic carbocycles. The van der Waals surface area contributed by atoms with Gasteiger partial charge in [-0.1, -0.05) is 24.3 Å². The molecule has 0 spiro atoms. The van der Waals surface area contributed by atoms with Gasteiger partial charge in [0.1, 0.15) is 11.4 Å². The van der Waals surface area contributed by atoms with Gasteiger partial charge in [-0.15, -0.1) is 0 Å². The van der Waals surface area contributed by atoms with Gasteiger partial charge in [-0.3, -0.25) is 9.59 Å². The third kappa shape index (κ3) is 3.10. The van der Waals surface area contributed by atoms with Crippen molar-refractivity contribution in [1.29, 1.82) is 0 Å². The van der Waals surface area contributed by atoms with Gasteiger partial charge in [0.2, 0.25) is 5.76 Å². The SMILES string of the molecule is CCOCCCN1C(=O)c2oc3ccccc3c(=O)c2[C@@H]1c1ccc(F)cc1. The summed E-state index contributed by atoms with van der Waals surface area (Å²) in [5.74, 6) is -0.639. The number of amides is 1. The van der Waals surface area contributed by atoms with E-state index in [0.29, 0.717) is 48.3 Å². The van der Waals surface area contributed by atoms with Crippen LogP contribution in [0.25, 0.3) is 11.0 Å². The highest BCUT2D eigenvalue weighted by Gasteiger charge is 2.42. The van der Waals surface area contributed by atoms with Crippen LogP contribution in [0.2, 0.25) is 0 Å². The first-order valence-corrected chi connectivity index (χ1v) is 9.31. The minimum absolute atomic E-state index is 0.0643. The topological polar surface area (TPSA) is 59.8 Å². The molecular formula is C22H20FNO4. The molecule has 144 valence electrons. The van der Waals surface area contributed by atoms with Crippen LogP contribution in [0.15, 0.2) is 57.7 Å². The van der Waals surface area contributed by atoms with Gasteiger partial charge in [0.05, 0.1) is 17.0 Å². The number of hydrogen-bond acceptors (Lipinski definition) is 4. The molecule has 1 aromatic heterocycles. The highest BCUT2D eigenvalue weighted by molar-refractivity contribution is 5.99. The summed E-state index contributed by atoms with van der Waals surface area (Å²) in [4.78, 5) is 27.9. The van der Waals surface area contributed by atoms with Crippen molar-refractivity contribution in [2.75, 3.05) is 19.8 Å². The molecule has 1 amide bonds. The van der Waals surface area contributed by atoms with Crippen molar-refractivity contribution in [3.63, 3.8) is 0 Å². The molecule has 5 nitrogen and oxygen atoms in total. The highest BCUT2D eigenvalue weighted by atomic mass is 19.1. The molecule has 3 aromatic rings. The van der Waals surface area contributed by atoms with E-state index in [1.165, 1.54) is 12.1 Å². The van der Waals surface area contributed by atoms with Crippen LogP contribution < -0.4 is 5.43 Å². The smallest absolute Gasteiger partial charge is 0.290 e. The second kappa shape index (κ2) is 7.56. The lowest BCUT2D eigenvalue weighted by Gasteiger charge is -2.25. The first-order valence-electron chi connectivity index (χ1n) is 9.31. The molecule has 28 heavy (non-hydrogen) atoms. The third-order valence-electron chi connectivity index (χ3n) is 4.95. The van der Waals surface area contributed by atoms with E-state index in [4.69, 9.17) is 9.15 Å². The summed E-state index contributed by atoms with van der Waals surface area (Å²) >= 11 is 0. The Hall–Kier alpha value is -2.99. The van der Waals surface area contributed by atoms with Gasteiger partial charge in [0.25, 0.3) is 5.91 Å². The summed E-state index contributed by atoms with van der Waals surface area (Å²) in [7, 11) is 0. The number of fused-ring (bicyclic) bond motifs is 2. The fourth-order valence-electron chi connectivity index (χ4n) is 3.67. The normalized spacial score (nSPS) is 16.0. The standard InChI is InChI=1S/C22H20FNO4/c1-2-27-13-5-12-24-19(14-8-10-15(23)11-9-14)18-20(25)16-6-3-4-7-17(16)28-21(18)22(24)26/h3-4,6-11,19H,2,5,12-13H2,1H3/t19-/m0/s1. The van der Waals surface area contributed by atoms with Crippen LogP contribution in [0.5, 0.6) is 0 Å². The maximum absolute atomic E-state index is 13.4. The molecule has 0 fully saturated rings. The van der Waals surface area contributed by atoms with Crippen LogP contribution in [0, 0.1) is 5.82 Å². The van der Waals surface area contributed by atoms with Crippen LogP contribution in [-0.4, -0.2) is 30.6 Å². The van der Waals surface area contributed by atoms with Crippen LogP contribution >= 0.6 is 0 Å². The van der Waals surface area contributed by atoms with E-state index in [0.717, 1.165) is 0 Å². The Bertz CT molecular complexity index is 1070. The van der Waals surface area contributed by atoms with Crippen LogP contribution in [0.3, 0.4) is 0 Å². The number of carbonyl (C=O) groups excluding carboxylic acids is 1. The zero-order valence-electron chi connectivity index (χ0n) is 15.5. The molecule has 1 aliphatic heterocycles. The average Bonchev–Trinajstić information content (AvgIpc) is 2.98. The Balaban J connectivity index is 1.84. The quantitative estimate of drug-likeness (QED) is 0.608. The number of ether oxygens (including phenoxy) is 1. The van der Waals surface area contributed by atoms with Crippen molar-refractivity contribution >= 4 is 16.9 Å². The van der Waals surface area contributed by atoms with E-state index in [1.807, 2.05) is 6.92 Å². The van der Waals surface area contributed by atoms with Gasteiger partial charge in [-0.2, -0.15) is 0 Å². The molecule has 0 saturated heterocycles. The van der Waals surface area contributed by atoms with Gasteiger partial charge >= 0.3 is 0 Å². The Morgan fingerprint density at radius 3 is 2.61 bits per heavy atom. The molecule has 0 N–H and O–H groups in total. The lowest BCUT2D eigenvalue weighted by molar-refractivity contribution is 0.0696. The van der Waals surface area contributed by atoms with E-state index in [2.05, 4.69) is 0 Å². The zero-order chi connectivity index (χ0) is 19.7. The number of hydrogen-bond donors (Lipinski definition) is 0. The fourth-order valence-corrected chi connectivity index (χ4v) is 3.67. The summed E-state index contributed by atoms with van der Waals surface area (Å²) in [6.45, 7) is 3.42. The Morgan fingerprint density at radius 2 is 1.86 bits per heavy atom. The summed E-state index contributed by atoms with van der Waals surface area (Å²) < 4.78 is 24.7. The van der Waals surface area contributed by atoms with Crippen molar-refractivity contribution in [3.05, 3.63) is 81.5 Å². The van der Waals surface area contributed by atoms with Crippen molar-refractivity contribution in [2.45, 2.75) is 19.4 Å². The van der Waals surface area contributed by atoms with Gasteiger partial charge in [-0.25, -0.2) is 4.39 Å². The van der Waals surface area contributed by atoms with Crippen molar-refractivity contribution in [1.82, 2.24) is 4.90 Å². The first kappa shape index (κ1) is 18.4. The summed E-state index contributed by atoms with van der Waals surface area (Å²) in [6, 6.07) is 12.1. The second-order valence-electron chi connectivity index (χ2n) is 6.67. The second-order valence-corrected chi connectivity index (χ2v) is 6.67. The molecule has 6 heteroatoms. The van der Waals surface area contributed by atoms with E-state index in [9.17, 15) is 14.0 Å². The van der Waals surface area contributed by atoms with Gasteiger partial charge in [0.15, 0.2) is 5.43 Å². The molecule has 2 aromatic carbocycles. The monoisotopic (exact) mass is 381 g/mol. The number of benzene rings is 2. The van der Waals surface area contributed by atoms with Crippen LogP contribution in [-0.2, 0) is 4.74 Å². The van der Waals surface area contributed by atoms with Gasteiger partial charge < -0.3 is 14.1 Å². The maximum atomic E-state index is 13.4. The van der Waals surface area contributed by atoms with E-state index in [1.54, 1.807) is 41.3 Å². The molecule has 1 aliphatic rings. The molecule has 2 heterocycles. The van der Waals surface area contributed by atoms with E-state index in [-0.39, 0.29) is 22.9 Å². The zero-order valence-corrected chi connectivity index (χ0v) is 15.5. The molecule has 1 atom stereocenters. The minimum atomic E-state index is -0.606. The fraction of sp³-hybridized carbons (Fsp3) is 0.273. The summed E-state index contributed by atoms with van der Waals surface area (Å²) in [5, 5.41) is 0.428. The van der Waals surface area contributed by atoms with Gasteiger partial charge in [0, 0.05) is 19.8 Å². The largest absolute Gasteiger partial charge is 0.450 e. The van der Waals surface area contributed by atoms with Gasteiger partial charge in [-0.05, 0) is 43.2 Å². The Morgan fingerprint density at radius 1 is 1.11 bits per heavy atom. The maximum Gasteiger partial charge on any atom is 0.290 e. The predicted octanol–water partition coefficient (Wildman–Crippen LogP) is 3.90. The number of halogens is 1. The lowest BCUT2D eigenvalue weighted by Crippen LogP contribution is -2.31. The average molecular weight is 381 g/mol. The predicted molar refractivity (Wildman–Crippen MR) is 103 cm³/mol. The number of para-hydroxylation sites is 1. The molecule has 4 rings (SSSR count). The molecular weight excluding hydrogens is 361 g/mol. The Kier molecular flexibility index (Phi) is 4.96. The summed E-state index contributed by atoms with van der Waals surface area (Å²) in [5.41, 5.74) is 1.14. The van der Waals surface area contributed by atoms with Crippen LogP contribution in [0.4, 0.5) is 4.39 Å². The Labute approximate surface area is 161 Å². The molecule has 0 radical (unpaired) electrons. The van der Waals surface area contributed by atoms with Crippen molar-refractivity contribution in [2.24, 2.45) is 0 Å². The minimum Gasteiger partial charge on any atom is -0.450 e. The highest BCUT2D eigenvalue weighted by Crippen LogP contribution is 2.38. The summed E-state index contributed by atoms with van der Waals surface area (Å²) in [6.07, 6.45) is 0.624. The molecule has 0 unspecified atom stereocenters.